The number of amides is 2. The molecule has 4 N–H and O–H groups in total. The summed E-state index contributed by atoms with van der Waals surface area (Å²) in [5.41, 5.74) is 7.24. The quantitative estimate of drug-likeness (QED) is 0.651. The van der Waals surface area contributed by atoms with E-state index in [0.717, 1.165) is 49.8 Å². The Balaban J connectivity index is 0.00000169. The third kappa shape index (κ3) is 6.34. The van der Waals surface area contributed by atoms with Crippen LogP contribution in [0.5, 0.6) is 0 Å². The van der Waals surface area contributed by atoms with Gasteiger partial charge in [0.15, 0.2) is 0 Å². The number of anilines is 2. The van der Waals surface area contributed by atoms with E-state index in [1.807, 2.05) is 24.3 Å². The molecular weight excluding hydrogens is 375 g/mol. The average Bonchev–Trinajstić information content (AvgIpc) is 3.40. The molecular formula is C18H28Cl2N4O2. The lowest BCUT2D eigenvalue weighted by Gasteiger charge is -2.33. The molecule has 0 radical (unpaired) electrons. The summed E-state index contributed by atoms with van der Waals surface area (Å²) in [6, 6.07) is 7.83. The molecule has 0 spiro atoms. The number of para-hydroxylation sites is 2. The van der Waals surface area contributed by atoms with E-state index in [1.54, 1.807) is 0 Å². The lowest BCUT2D eigenvalue weighted by molar-refractivity contribution is -0.122. The number of nitrogens with one attached hydrogen (secondary N) is 2. The molecule has 0 bridgehead atoms. The smallest absolute Gasteiger partial charge is 0.238 e. The molecule has 2 amide bonds. The molecule has 1 heterocycles. The van der Waals surface area contributed by atoms with Gasteiger partial charge in [-0.3, -0.25) is 9.59 Å². The fraction of sp³-hybridized carbons (Fsp3) is 0.556. The molecule has 6 nitrogen and oxygen atoms in total. The second-order valence-corrected chi connectivity index (χ2v) is 6.80. The van der Waals surface area contributed by atoms with Gasteiger partial charge in [-0.05, 0) is 50.3 Å². The molecule has 1 aliphatic carbocycles. The summed E-state index contributed by atoms with van der Waals surface area (Å²) in [6.07, 6.45) is 4.08. The maximum Gasteiger partial charge on any atom is 0.238 e. The number of nitrogens with zero attached hydrogens (tertiary/aromatic N) is 1. The van der Waals surface area contributed by atoms with Crippen LogP contribution in [-0.4, -0.2) is 38.0 Å². The predicted octanol–water partition coefficient (Wildman–Crippen LogP) is 2.17. The van der Waals surface area contributed by atoms with E-state index in [0.29, 0.717) is 6.54 Å². The predicted molar refractivity (Wildman–Crippen MR) is 109 cm³/mol. The molecule has 0 aromatic heterocycles. The number of rotatable bonds is 7. The van der Waals surface area contributed by atoms with Crippen molar-refractivity contribution in [3.05, 3.63) is 24.3 Å². The van der Waals surface area contributed by atoms with Gasteiger partial charge in [0, 0.05) is 19.0 Å². The number of carbonyl (C=O) groups excluding carboxylic acids is 2. The van der Waals surface area contributed by atoms with Crippen LogP contribution >= 0.6 is 24.8 Å². The van der Waals surface area contributed by atoms with E-state index in [9.17, 15) is 9.59 Å². The van der Waals surface area contributed by atoms with Crippen LogP contribution < -0.4 is 21.3 Å². The van der Waals surface area contributed by atoms with Crippen molar-refractivity contribution in [3.63, 3.8) is 0 Å². The molecule has 1 aromatic carbocycles. The van der Waals surface area contributed by atoms with Crippen LogP contribution in [0.4, 0.5) is 11.4 Å². The zero-order chi connectivity index (χ0) is 16.9. The molecule has 146 valence electrons. The van der Waals surface area contributed by atoms with Gasteiger partial charge >= 0.3 is 0 Å². The van der Waals surface area contributed by atoms with Crippen molar-refractivity contribution in [2.45, 2.75) is 25.7 Å². The molecule has 1 saturated carbocycles. The fourth-order valence-electron chi connectivity index (χ4n) is 3.17. The van der Waals surface area contributed by atoms with Crippen LogP contribution in [0.25, 0.3) is 0 Å². The Morgan fingerprint density at radius 1 is 1.08 bits per heavy atom. The van der Waals surface area contributed by atoms with Crippen molar-refractivity contribution in [2.75, 3.05) is 36.4 Å². The Labute approximate surface area is 167 Å². The fourth-order valence-corrected chi connectivity index (χ4v) is 3.17. The zero-order valence-electron chi connectivity index (χ0n) is 14.8. The zero-order valence-corrected chi connectivity index (χ0v) is 16.4. The van der Waals surface area contributed by atoms with E-state index in [-0.39, 0.29) is 42.5 Å². The van der Waals surface area contributed by atoms with E-state index in [4.69, 9.17) is 5.73 Å². The third-order valence-corrected chi connectivity index (χ3v) is 4.83. The highest BCUT2D eigenvalue weighted by atomic mass is 35.5. The number of nitrogens with two attached hydrogens (primary N) is 1. The van der Waals surface area contributed by atoms with E-state index in [1.165, 1.54) is 12.8 Å². The second-order valence-electron chi connectivity index (χ2n) is 6.80. The van der Waals surface area contributed by atoms with Crippen LogP contribution in [0.15, 0.2) is 24.3 Å². The standard InChI is InChI=1S/C18H26N4O2.2ClH/c19-18(24)14-7-9-22(10-8-14)16-4-2-1-3-15(16)21-17(23)12-20-11-13-5-6-13;;/h1-4,13-14,20H,5-12H2,(H2,19,24)(H,21,23);2*1H. The Kier molecular flexibility index (Phi) is 9.19. The molecule has 26 heavy (non-hydrogen) atoms. The molecule has 8 heteroatoms. The van der Waals surface area contributed by atoms with Gasteiger partial charge in [-0.25, -0.2) is 0 Å². The van der Waals surface area contributed by atoms with Gasteiger partial charge in [-0.15, -0.1) is 24.8 Å². The maximum absolute atomic E-state index is 12.1. The Hall–Kier alpha value is -1.50. The number of hydrogen-bond donors (Lipinski definition) is 3. The van der Waals surface area contributed by atoms with Crippen LogP contribution in [0.3, 0.4) is 0 Å². The molecule has 3 rings (SSSR count). The topological polar surface area (TPSA) is 87.5 Å². The molecule has 2 fully saturated rings. The number of benzene rings is 1. The summed E-state index contributed by atoms with van der Waals surface area (Å²) >= 11 is 0. The van der Waals surface area contributed by atoms with Crippen molar-refractivity contribution in [1.29, 1.82) is 0 Å². The minimum absolute atomic E-state index is 0. The van der Waals surface area contributed by atoms with Crippen LogP contribution in [0, 0.1) is 11.8 Å². The van der Waals surface area contributed by atoms with Crippen molar-refractivity contribution in [1.82, 2.24) is 5.32 Å². The molecule has 0 atom stereocenters. The minimum Gasteiger partial charge on any atom is -0.370 e. The molecule has 0 unspecified atom stereocenters. The number of piperidine rings is 1. The van der Waals surface area contributed by atoms with Crippen LogP contribution in [0.2, 0.25) is 0 Å². The molecule has 2 aliphatic rings. The first kappa shape index (κ1) is 22.5. The van der Waals surface area contributed by atoms with Gasteiger partial charge in [0.25, 0.3) is 0 Å². The lowest BCUT2D eigenvalue weighted by atomic mass is 9.96. The number of halogens is 2. The minimum atomic E-state index is -0.210. The summed E-state index contributed by atoms with van der Waals surface area (Å²) < 4.78 is 0. The first-order valence-corrected chi connectivity index (χ1v) is 8.77. The van der Waals surface area contributed by atoms with E-state index < -0.39 is 0 Å². The first-order valence-electron chi connectivity index (χ1n) is 8.77. The summed E-state index contributed by atoms with van der Waals surface area (Å²) in [6.45, 7) is 2.82. The lowest BCUT2D eigenvalue weighted by Crippen LogP contribution is -2.39. The van der Waals surface area contributed by atoms with Gasteiger partial charge in [0.2, 0.25) is 11.8 Å². The number of carbonyl (C=O) groups is 2. The number of hydrogen-bond acceptors (Lipinski definition) is 4. The first-order chi connectivity index (χ1) is 11.6. The van der Waals surface area contributed by atoms with Crippen LogP contribution in [-0.2, 0) is 9.59 Å². The normalized spacial score (nSPS) is 17.0. The van der Waals surface area contributed by atoms with Crippen molar-refractivity contribution in [2.24, 2.45) is 17.6 Å². The summed E-state index contributed by atoms with van der Waals surface area (Å²) in [4.78, 5) is 25.7. The number of primary amides is 1. The monoisotopic (exact) mass is 402 g/mol. The SMILES string of the molecule is Cl.Cl.NC(=O)C1CCN(c2ccccc2NC(=O)CNCC2CC2)CC1. The highest BCUT2D eigenvalue weighted by molar-refractivity contribution is 5.95. The van der Waals surface area contributed by atoms with Gasteiger partial charge < -0.3 is 21.3 Å². The van der Waals surface area contributed by atoms with Crippen molar-refractivity contribution in [3.8, 4) is 0 Å². The van der Waals surface area contributed by atoms with Gasteiger partial charge in [-0.1, -0.05) is 12.1 Å². The molecule has 1 aliphatic heterocycles. The third-order valence-electron chi connectivity index (χ3n) is 4.83. The van der Waals surface area contributed by atoms with Gasteiger partial charge in [0.05, 0.1) is 17.9 Å². The van der Waals surface area contributed by atoms with Crippen molar-refractivity contribution < 1.29 is 9.59 Å². The highest BCUT2D eigenvalue weighted by Crippen LogP contribution is 2.30. The summed E-state index contributed by atoms with van der Waals surface area (Å²) in [5, 5.41) is 6.21. The Morgan fingerprint density at radius 2 is 1.73 bits per heavy atom. The largest absolute Gasteiger partial charge is 0.370 e. The molecule has 1 aromatic rings. The van der Waals surface area contributed by atoms with Gasteiger partial charge in [-0.2, -0.15) is 0 Å². The second kappa shape index (κ2) is 10.6. The maximum atomic E-state index is 12.1. The van der Waals surface area contributed by atoms with E-state index in [2.05, 4.69) is 15.5 Å². The Morgan fingerprint density at radius 3 is 2.35 bits per heavy atom. The summed E-state index contributed by atoms with van der Waals surface area (Å²) in [7, 11) is 0. The highest BCUT2D eigenvalue weighted by Gasteiger charge is 2.24. The van der Waals surface area contributed by atoms with Crippen LogP contribution in [0.1, 0.15) is 25.7 Å². The summed E-state index contributed by atoms with van der Waals surface area (Å²) in [5.74, 6) is 0.499. The van der Waals surface area contributed by atoms with Gasteiger partial charge in [0.1, 0.15) is 0 Å². The Bertz CT molecular complexity index is 603. The van der Waals surface area contributed by atoms with Crippen molar-refractivity contribution >= 4 is 48.0 Å². The molecule has 1 saturated heterocycles. The van der Waals surface area contributed by atoms with E-state index >= 15 is 0 Å². The average molecular weight is 403 g/mol.